The van der Waals surface area contributed by atoms with Crippen molar-refractivity contribution in [3.8, 4) is 0 Å². The third kappa shape index (κ3) is 12.5. The van der Waals surface area contributed by atoms with Crippen LogP contribution in [-0.2, 0) is 27.4 Å². The Morgan fingerprint density at radius 3 is 1.62 bits per heavy atom. The quantitative estimate of drug-likeness (QED) is 0.141. The van der Waals surface area contributed by atoms with Gasteiger partial charge < -0.3 is 38.8 Å². The molecule has 2 aliphatic carbocycles. The van der Waals surface area contributed by atoms with Gasteiger partial charge in [0.05, 0.1) is 22.1 Å². The molecule has 4 fully saturated rings. The number of rotatable bonds is 13. The lowest BCUT2D eigenvalue weighted by molar-refractivity contribution is -0.135. The highest BCUT2D eigenvalue weighted by atomic mass is 19.3. The molecule has 362 valence electrons. The van der Waals surface area contributed by atoms with Crippen LogP contribution in [0.5, 0.6) is 0 Å². The maximum Gasteiger partial charge on any atom is 0.407 e. The van der Waals surface area contributed by atoms with Crippen molar-refractivity contribution in [2.45, 2.75) is 180 Å². The zero-order chi connectivity index (χ0) is 46.8. The second kappa shape index (κ2) is 22.2. The van der Waals surface area contributed by atoms with Gasteiger partial charge in [0, 0.05) is 96.2 Å². The number of alkyl halides is 2. The van der Waals surface area contributed by atoms with Crippen LogP contribution in [0, 0.1) is 0 Å². The van der Waals surface area contributed by atoms with Gasteiger partial charge in [-0.2, -0.15) is 0 Å². The Hall–Kier alpha value is -4.95. The second-order valence-corrected chi connectivity index (χ2v) is 19.8. The molecule has 0 bridgehead atoms. The standard InChI is InChI=1S/C28H43N5O3.C23H32F2N4O/c1-5-32(22-13-7-6-8-14-22)25(34)17-19-33-24-16-10-9-15-23(24)30-26(33)31-18-11-12-21(20-31)29-27(35)36-28(2,3)4;1-2-28(18-8-4-3-5-9-18)21(30)12-15-29-20-11-7-6-10-19(20)26-22(29)27-16-13-23(24,25)14-17-27/h9-10,15-16,21-22H,5-8,11-14,17-20H2,1-4H3,(H,29,35);6-7,10-11,18H,2-5,8-9,12-17H2,1H3/t21-;/m0./s1. The van der Waals surface area contributed by atoms with E-state index in [-0.39, 0.29) is 49.9 Å². The smallest absolute Gasteiger partial charge is 0.407 e. The van der Waals surface area contributed by atoms with E-state index in [1.54, 1.807) is 0 Å². The number of carbonyl (C=O) groups is 3. The SMILES string of the molecule is CCN(C(=O)CCn1c(N2CCC(F)(F)CC2)nc2ccccc21)C1CCCCC1.CCN(C(=O)CCn1c(N2CCC[C@H](NC(=O)OC(C)(C)C)C2)nc2ccccc21)C1CCCCC1. The molecular formula is C51H75F2N9O4. The van der Waals surface area contributed by atoms with E-state index in [0.717, 1.165) is 86.2 Å². The Morgan fingerprint density at radius 1 is 0.682 bits per heavy atom. The molecule has 2 aliphatic heterocycles. The number of aromatic nitrogens is 4. The fourth-order valence-electron chi connectivity index (χ4n) is 10.6. The van der Waals surface area contributed by atoms with E-state index < -0.39 is 11.5 Å². The van der Waals surface area contributed by atoms with Crippen molar-refractivity contribution >= 4 is 51.9 Å². The first kappa shape index (κ1) is 49.0. The fourth-order valence-corrected chi connectivity index (χ4v) is 10.6. The van der Waals surface area contributed by atoms with E-state index in [1.807, 2.05) is 77.6 Å². The van der Waals surface area contributed by atoms with Gasteiger partial charge >= 0.3 is 6.09 Å². The summed E-state index contributed by atoms with van der Waals surface area (Å²) in [5.74, 6) is -0.597. The third-order valence-corrected chi connectivity index (χ3v) is 13.9. The van der Waals surface area contributed by atoms with Crippen LogP contribution in [0.15, 0.2) is 48.5 Å². The van der Waals surface area contributed by atoms with E-state index in [4.69, 9.17) is 14.7 Å². The third-order valence-electron chi connectivity index (χ3n) is 13.9. The average Bonchev–Trinajstić information content (AvgIpc) is 3.87. The zero-order valence-electron chi connectivity index (χ0n) is 40.3. The minimum atomic E-state index is -2.59. The number of halogens is 2. The molecule has 4 heterocycles. The molecule has 66 heavy (non-hydrogen) atoms. The summed E-state index contributed by atoms with van der Waals surface area (Å²) in [6, 6.07) is 16.7. The molecule has 3 amide bonds. The molecule has 1 N–H and O–H groups in total. The van der Waals surface area contributed by atoms with Crippen LogP contribution in [0.1, 0.15) is 137 Å². The monoisotopic (exact) mass is 916 g/mol. The molecule has 0 unspecified atom stereocenters. The molecule has 2 aromatic carbocycles. The van der Waals surface area contributed by atoms with E-state index in [2.05, 4.69) is 39.6 Å². The molecule has 1 atom stereocenters. The predicted molar refractivity (Wildman–Crippen MR) is 258 cm³/mol. The maximum atomic E-state index is 13.7. The van der Waals surface area contributed by atoms with Crippen LogP contribution in [0.3, 0.4) is 0 Å². The number of benzene rings is 2. The van der Waals surface area contributed by atoms with Gasteiger partial charge in [-0.1, -0.05) is 62.8 Å². The van der Waals surface area contributed by atoms with Crippen LogP contribution in [0.4, 0.5) is 25.5 Å². The molecule has 2 saturated carbocycles. The van der Waals surface area contributed by atoms with Crippen molar-refractivity contribution < 1.29 is 27.9 Å². The molecule has 4 aromatic rings. The number of ether oxygens (including phenoxy) is 1. The van der Waals surface area contributed by atoms with Crippen LogP contribution in [0.2, 0.25) is 0 Å². The van der Waals surface area contributed by atoms with E-state index in [0.29, 0.717) is 50.5 Å². The number of hydrogen-bond acceptors (Lipinski definition) is 8. The lowest BCUT2D eigenvalue weighted by atomic mass is 9.94. The average molecular weight is 916 g/mol. The van der Waals surface area contributed by atoms with E-state index in [1.165, 1.54) is 38.5 Å². The molecule has 0 spiro atoms. The summed E-state index contributed by atoms with van der Waals surface area (Å²) in [6.07, 6.45) is 13.9. The van der Waals surface area contributed by atoms with Crippen molar-refractivity contribution in [1.82, 2.24) is 34.2 Å². The number of piperidine rings is 2. The van der Waals surface area contributed by atoms with Crippen molar-refractivity contribution in [2.24, 2.45) is 0 Å². The largest absolute Gasteiger partial charge is 0.444 e. The van der Waals surface area contributed by atoms with Crippen LogP contribution in [0.25, 0.3) is 22.1 Å². The summed E-state index contributed by atoms with van der Waals surface area (Å²) >= 11 is 0. The van der Waals surface area contributed by atoms with Gasteiger partial charge in [-0.25, -0.2) is 23.5 Å². The first-order chi connectivity index (χ1) is 31.7. The number of alkyl carbamates (subject to hydrolysis) is 1. The number of anilines is 2. The van der Waals surface area contributed by atoms with Crippen molar-refractivity contribution in [3.63, 3.8) is 0 Å². The molecule has 13 nitrogen and oxygen atoms in total. The van der Waals surface area contributed by atoms with Crippen LogP contribution in [-0.4, -0.2) is 116 Å². The number of nitrogens with one attached hydrogen (secondary N) is 1. The summed E-state index contributed by atoms with van der Waals surface area (Å²) in [7, 11) is 0. The first-order valence-corrected chi connectivity index (χ1v) is 25.1. The number of aryl methyl sites for hydroxylation is 2. The van der Waals surface area contributed by atoms with Crippen molar-refractivity contribution in [3.05, 3.63) is 48.5 Å². The lowest BCUT2D eigenvalue weighted by Gasteiger charge is -2.35. The van der Waals surface area contributed by atoms with E-state index >= 15 is 0 Å². The molecule has 15 heteroatoms. The minimum Gasteiger partial charge on any atom is -0.444 e. The number of para-hydroxylation sites is 4. The molecule has 4 aliphatic rings. The highest BCUT2D eigenvalue weighted by Crippen LogP contribution is 2.33. The van der Waals surface area contributed by atoms with Crippen LogP contribution >= 0.6 is 0 Å². The van der Waals surface area contributed by atoms with Crippen molar-refractivity contribution in [1.29, 1.82) is 0 Å². The number of fused-ring (bicyclic) bond motifs is 2. The van der Waals surface area contributed by atoms with Gasteiger partial charge in [-0.3, -0.25) is 9.59 Å². The number of imidazole rings is 2. The number of carbonyl (C=O) groups excluding carboxylic acids is 3. The normalized spacial score (nSPS) is 19.6. The molecule has 0 radical (unpaired) electrons. The highest BCUT2D eigenvalue weighted by Gasteiger charge is 2.36. The Kier molecular flexibility index (Phi) is 16.5. The Morgan fingerprint density at radius 2 is 1.15 bits per heavy atom. The summed E-state index contributed by atoms with van der Waals surface area (Å²) in [6.45, 7) is 14.5. The zero-order valence-corrected chi connectivity index (χ0v) is 40.3. The van der Waals surface area contributed by atoms with Gasteiger partial charge in [-0.15, -0.1) is 0 Å². The molecular weight excluding hydrogens is 841 g/mol. The first-order valence-electron chi connectivity index (χ1n) is 25.1. The molecule has 8 rings (SSSR count). The predicted octanol–water partition coefficient (Wildman–Crippen LogP) is 9.94. The summed E-state index contributed by atoms with van der Waals surface area (Å²) in [4.78, 5) is 56.7. The number of amides is 3. The highest BCUT2D eigenvalue weighted by molar-refractivity contribution is 5.81. The Balaban J connectivity index is 0.000000199. The van der Waals surface area contributed by atoms with E-state index in [9.17, 15) is 23.2 Å². The van der Waals surface area contributed by atoms with Gasteiger partial charge in [0.2, 0.25) is 23.7 Å². The Bertz CT molecular complexity index is 2210. The van der Waals surface area contributed by atoms with Gasteiger partial charge in [-0.05, 0) is 97.4 Å². The lowest BCUT2D eigenvalue weighted by Crippen LogP contribution is -2.49. The molecule has 2 aromatic heterocycles. The summed E-state index contributed by atoms with van der Waals surface area (Å²) in [5.41, 5.74) is 3.25. The minimum absolute atomic E-state index is 0.00891. The number of nitrogens with zero attached hydrogens (tertiary/aromatic N) is 8. The van der Waals surface area contributed by atoms with Gasteiger partial charge in [0.15, 0.2) is 0 Å². The maximum absolute atomic E-state index is 13.7. The van der Waals surface area contributed by atoms with Gasteiger partial charge in [0.25, 0.3) is 5.92 Å². The fraction of sp³-hybridized carbons (Fsp3) is 0.667. The van der Waals surface area contributed by atoms with Crippen molar-refractivity contribution in [2.75, 3.05) is 49.1 Å². The second-order valence-electron chi connectivity index (χ2n) is 19.8. The summed E-state index contributed by atoms with van der Waals surface area (Å²) in [5, 5.41) is 3.04. The molecule has 2 saturated heterocycles. The number of hydrogen-bond donors (Lipinski definition) is 1. The van der Waals surface area contributed by atoms with Crippen LogP contribution < -0.4 is 15.1 Å². The van der Waals surface area contributed by atoms with Gasteiger partial charge in [0.1, 0.15) is 5.60 Å². The summed E-state index contributed by atoms with van der Waals surface area (Å²) < 4.78 is 37.0. The topological polar surface area (TPSA) is 121 Å². The Labute approximate surface area is 390 Å².